The Morgan fingerprint density at radius 3 is 2.44 bits per heavy atom. The smallest absolute Gasteiger partial charge is 0.289 e. The van der Waals surface area contributed by atoms with E-state index in [0.717, 1.165) is 12.1 Å². The molecule has 0 atom stereocenters. The highest BCUT2D eigenvalue weighted by molar-refractivity contribution is 6.35. The Kier molecular flexibility index (Phi) is 4.58. The molecular formula is C18H20F2N2O3. The van der Waals surface area contributed by atoms with E-state index >= 15 is 0 Å². The van der Waals surface area contributed by atoms with Crippen molar-refractivity contribution < 1.29 is 23.2 Å². The van der Waals surface area contributed by atoms with Crippen LogP contribution in [0.4, 0.5) is 8.78 Å². The van der Waals surface area contributed by atoms with E-state index in [1.54, 1.807) is 4.90 Å². The summed E-state index contributed by atoms with van der Waals surface area (Å²) in [5.41, 5.74) is 0.344. The Labute approximate surface area is 144 Å². The quantitative estimate of drug-likeness (QED) is 0.783. The van der Waals surface area contributed by atoms with E-state index in [9.17, 15) is 23.2 Å². The van der Waals surface area contributed by atoms with Gasteiger partial charge in [-0.25, -0.2) is 8.78 Å². The molecule has 0 unspecified atom stereocenters. The molecule has 0 bridgehead atoms. The van der Waals surface area contributed by atoms with Gasteiger partial charge in [0.1, 0.15) is 0 Å². The van der Waals surface area contributed by atoms with Crippen LogP contribution >= 0.6 is 0 Å². The second kappa shape index (κ2) is 6.54. The van der Waals surface area contributed by atoms with Crippen LogP contribution in [-0.4, -0.2) is 47.0 Å². The summed E-state index contributed by atoms with van der Waals surface area (Å²) in [6.45, 7) is 2.96. The molecule has 5 nitrogen and oxygen atoms in total. The lowest BCUT2D eigenvalue weighted by molar-refractivity contribution is -0.145. The monoisotopic (exact) mass is 350 g/mol. The summed E-state index contributed by atoms with van der Waals surface area (Å²) in [7, 11) is 0. The first kappa shape index (κ1) is 17.5. The zero-order valence-electron chi connectivity index (χ0n) is 14.1. The number of ketones is 1. The molecular weight excluding hydrogens is 330 g/mol. The maximum Gasteiger partial charge on any atom is 0.289 e. The van der Waals surface area contributed by atoms with Gasteiger partial charge in [0.2, 0.25) is 11.7 Å². The van der Waals surface area contributed by atoms with Gasteiger partial charge < -0.3 is 9.80 Å². The number of amides is 2. The minimum Gasteiger partial charge on any atom is -0.338 e. The molecule has 1 aromatic carbocycles. The molecule has 1 aromatic rings. The second-order valence-corrected chi connectivity index (χ2v) is 7.02. The molecule has 2 aliphatic rings. The fourth-order valence-electron chi connectivity index (χ4n) is 3.73. The van der Waals surface area contributed by atoms with Crippen LogP contribution in [0.5, 0.6) is 0 Å². The number of hydrogen-bond donors (Lipinski definition) is 0. The molecule has 0 N–H and O–H groups in total. The molecule has 0 aromatic heterocycles. The van der Waals surface area contributed by atoms with Crippen LogP contribution in [0.3, 0.4) is 0 Å². The predicted octanol–water partition coefficient (Wildman–Crippen LogP) is 1.89. The number of halogens is 2. The van der Waals surface area contributed by atoms with Crippen molar-refractivity contribution in [2.45, 2.75) is 32.7 Å². The van der Waals surface area contributed by atoms with E-state index in [0.29, 0.717) is 44.5 Å². The number of nitrogens with zero attached hydrogens (tertiary/aromatic N) is 2. The van der Waals surface area contributed by atoms with Gasteiger partial charge in [-0.15, -0.1) is 0 Å². The van der Waals surface area contributed by atoms with Crippen molar-refractivity contribution in [2.24, 2.45) is 5.41 Å². The Bertz CT molecular complexity index is 727. The average molecular weight is 350 g/mol. The predicted molar refractivity (Wildman–Crippen MR) is 85.3 cm³/mol. The topological polar surface area (TPSA) is 57.7 Å². The van der Waals surface area contributed by atoms with Gasteiger partial charge in [-0.05, 0) is 30.5 Å². The minimum absolute atomic E-state index is 0.0175. The second-order valence-electron chi connectivity index (χ2n) is 7.02. The third-order valence-electron chi connectivity index (χ3n) is 5.18. The first-order chi connectivity index (χ1) is 11.8. The molecule has 2 aliphatic heterocycles. The lowest BCUT2D eigenvalue weighted by Crippen LogP contribution is -2.46. The molecule has 134 valence electrons. The summed E-state index contributed by atoms with van der Waals surface area (Å²) >= 11 is 0. The van der Waals surface area contributed by atoms with Crippen molar-refractivity contribution >= 4 is 17.6 Å². The van der Waals surface area contributed by atoms with Crippen molar-refractivity contribution in [3.8, 4) is 0 Å². The fourth-order valence-corrected chi connectivity index (χ4v) is 3.73. The number of rotatable bonds is 3. The summed E-state index contributed by atoms with van der Waals surface area (Å²) in [5.74, 6) is -2.79. The highest BCUT2D eigenvalue weighted by Gasteiger charge is 2.45. The van der Waals surface area contributed by atoms with Crippen LogP contribution in [0, 0.1) is 17.0 Å². The van der Waals surface area contributed by atoms with Gasteiger partial charge in [0.15, 0.2) is 11.6 Å². The zero-order valence-corrected chi connectivity index (χ0v) is 14.1. The van der Waals surface area contributed by atoms with Crippen LogP contribution in [0.15, 0.2) is 18.2 Å². The molecule has 1 spiro atoms. The Morgan fingerprint density at radius 1 is 1.16 bits per heavy atom. The molecule has 7 heteroatoms. The van der Waals surface area contributed by atoms with Gasteiger partial charge in [-0.1, -0.05) is 6.07 Å². The third kappa shape index (κ3) is 3.55. The third-order valence-corrected chi connectivity index (χ3v) is 5.18. The molecule has 2 heterocycles. The first-order valence-electron chi connectivity index (χ1n) is 8.31. The van der Waals surface area contributed by atoms with Crippen LogP contribution < -0.4 is 0 Å². The molecule has 0 radical (unpaired) electrons. The van der Waals surface area contributed by atoms with Crippen molar-refractivity contribution in [3.05, 3.63) is 35.4 Å². The highest BCUT2D eigenvalue weighted by atomic mass is 19.2. The normalized spacial score (nSPS) is 19.6. The van der Waals surface area contributed by atoms with Crippen LogP contribution in [0.1, 0.15) is 31.7 Å². The fraction of sp³-hybridized carbons (Fsp3) is 0.500. The summed E-state index contributed by atoms with van der Waals surface area (Å²) in [5, 5.41) is 0. The summed E-state index contributed by atoms with van der Waals surface area (Å²) in [6.07, 6.45) is 1.71. The van der Waals surface area contributed by atoms with E-state index in [4.69, 9.17) is 0 Å². The van der Waals surface area contributed by atoms with Gasteiger partial charge in [-0.3, -0.25) is 14.4 Å². The summed E-state index contributed by atoms with van der Waals surface area (Å²) in [4.78, 5) is 38.5. The van der Waals surface area contributed by atoms with E-state index in [2.05, 4.69) is 0 Å². The number of piperidine rings is 1. The van der Waals surface area contributed by atoms with Crippen LogP contribution in [-0.2, 0) is 20.9 Å². The van der Waals surface area contributed by atoms with E-state index in [1.807, 2.05) is 0 Å². The number of benzene rings is 1. The number of carbonyl (C=O) groups is 3. The maximum absolute atomic E-state index is 13.3. The Balaban J connectivity index is 1.63. The molecule has 2 amide bonds. The van der Waals surface area contributed by atoms with E-state index < -0.39 is 23.3 Å². The SMILES string of the molecule is CC(=O)C(=O)N1CCC2(CC1)CC(=O)N(Cc1ccc(F)c(F)c1)C2. The van der Waals surface area contributed by atoms with Crippen LogP contribution in [0.2, 0.25) is 0 Å². The highest BCUT2D eigenvalue weighted by Crippen LogP contribution is 2.41. The largest absolute Gasteiger partial charge is 0.338 e. The van der Waals surface area contributed by atoms with Gasteiger partial charge in [-0.2, -0.15) is 0 Å². The number of Topliss-reactive ketones (excluding diaryl/α,β-unsaturated/α-hetero) is 1. The summed E-state index contributed by atoms with van der Waals surface area (Å²) in [6, 6.07) is 3.65. The molecule has 2 fully saturated rings. The average Bonchev–Trinajstić information content (AvgIpc) is 2.86. The number of carbonyl (C=O) groups excluding carboxylic acids is 3. The minimum atomic E-state index is -0.921. The van der Waals surface area contributed by atoms with Crippen LogP contribution in [0.25, 0.3) is 0 Å². The lowest BCUT2D eigenvalue weighted by Gasteiger charge is -2.38. The van der Waals surface area contributed by atoms with Gasteiger partial charge in [0.25, 0.3) is 5.91 Å². The zero-order chi connectivity index (χ0) is 18.2. The number of hydrogen-bond acceptors (Lipinski definition) is 3. The maximum atomic E-state index is 13.3. The standard InChI is InChI=1S/C18H20F2N2O3/c1-12(23)17(25)21-6-4-18(5-7-21)9-16(24)22(11-18)10-13-2-3-14(19)15(20)8-13/h2-3,8H,4-7,9-11H2,1H3. The Hall–Kier alpha value is -2.31. The van der Waals surface area contributed by atoms with E-state index in [-0.39, 0.29) is 17.9 Å². The van der Waals surface area contributed by atoms with Crippen molar-refractivity contribution in [3.63, 3.8) is 0 Å². The molecule has 3 rings (SSSR count). The van der Waals surface area contributed by atoms with Crippen molar-refractivity contribution in [1.82, 2.24) is 9.80 Å². The molecule has 25 heavy (non-hydrogen) atoms. The molecule has 0 saturated carbocycles. The van der Waals surface area contributed by atoms with Gasteiger partial charge in [0, 0.05) is 44.9 Å². The van der Waals surface area contributed by atoms with Gasteiger partial charge >= 0.3 is 0 Å². The molecule has 2 saturated heterocycles. The van der Waals surface area contributed by atoms with Crippen molar-refractivity contribution in [2.75, 3.05) is 19.6 Å². The van der Waals surface area contributed by atoms with Crippen molar-refractivity contribution in [1.29, 1.82) is 0 Å². The number of likely N-dealkylation sites (tertiary alicyclic amines) is 2. The Morgan fingerprint density at radius 2 is 1.84 bits per heavy atom. The first-order valence-corrected chi connectivity index (χ1v) is 8.31. The van der Waals surface area contributed by atoms with Gasteiger partial charge in [0.05, 0.1) is 0 Å². The lowest BCUT2D eigenvalue weighted by atomic mass is 9.77. The summed E-state index contributed by atoms with van der Waals surface area (Å²) < 4.78 is 26.4. The van der Waals surface area contributed by atoms with E-state index in [1.165, 1.54) is 17.9 Å². The molecule has 0 aliphatic carbocycles.